The van der Waals surface area contributed by atoms with E-state index in [1.54, 1.807) is 29.2 Å². The zero-order chi connectivity index (χ0) is 15.2. The smallest absolute Gasteiger partial charge is 0.225 e. The number of ketones is 1. The summed E-state index contributed by atoms with van der Waals surface area (Å²) >= 11 is 5.81. The molecule has 0 radical (unpaired) electrons. The number of halogens is 1. The van der Waals surface area contributed by atoms with Crippen LogP contribution in [0.5, 0.6) is 0 Å². The van der Waals surface area contributed by atoms with Gasteiger partial charge in [0.1, 0.15) is 0 Å². The summed E-state index contributed by atoms with van der Waals surface area (Å²) in [6.45, 7) is 4.39. The zero-order valence-electron chi connectivity index (χ0n) is 12.2. The molecule has 1 heterocycles. The van der Waals surface area contributed by atoms with Crippen molar-refractivity contribution < 1.29 is 14.3 Å². The van der Waals surface area contributed by atoms with Gasteiger partial charge in [-0.15, -0.1) is 0 Å². The number of carbonyl (C=O) groups is 2. The second-order valence-corrected chi connectivity index (χ2v) is 5.76. The molecule has 0 saturated carbocycles. The van der Waals surface area contributed by atoms with Crippen LogP contribution in [0.25, 0.3) is 0 Å². The topological polar surface area (TPSA) is 46.6 Å². The molecule has 114 valence electrons. The van der Waals surface area contributed by atoms with E-state index in [1.165, 1.54) is 0 Å². The van der Waals surface area contributed by atoms with Gasteiger partial charge in [-0.25, -0.2) is 0 Å². The largest absolute Gasteiger partial charge is 0.380 e. The molecule has 4 nitrogen and oxygen atoms in total. The van der Waals surface area contributed by atoms with Gasteiger partial charge in [-0.05, 0) is 30.7 Å². The second kappa shape index (κ2) is 7.57. The number of hydrogen-bond acceptors (Lipinski definition) is 3. The Morgan fingerprint density at radius 3 is 2.67 bits per heavy atom. The first kappa shape index (κ1) is 16.0. The SMILES string of the molecule is CC(CC(=O)c1ccc(Cl)cc1)C(=O)N1CCCOCC1. The number of benzene rings is 1. The Hall–Kier alpha value is -1.39. The molecule has 2 rings (SSSR count). The number of rotatable bonds is 4. The highest BCUT2D eigenvalue weighted by Crippen LogP contribution is 2.16. The minimum Gasteiger partial charge on any atom is -0.380 e. The molecular weight excluding hydrogens is 290 g/mol. The van der Waals surface area contributed by atoms with Gasteiger partial charge in [-0.3, -0.25) is 9.59 Å². The molecule has 0 bridgehead atoms. The highest BCUT2D eigenvalue weighted by Gasteiger charge is 2.24. The van der Waals surface area contributed by atoms with Crippen LogP contribution in [0, 0.1) is 5.92 Å². The summed E-state index contributed by atoms with van der Waals surface area (Å²) < 4.78 is 5.34. The zero-order valence-corrected chi connectivity index (χ0v) is 12.9. The predicted molar refractivity (Wildman–Crippen MR) is 81.6 cm³/mol. The molecule has 0 spiro atoms. The maximum atomic E-state index is 12.4. The fourth-order valence-electron chi connectivity index (χ4n) is 2.40. The number of carbonyl (C=O) groups excluding carboxylic acids is 2. The van der Waals surface area contributed by atoms with Crippen molar-refractivity contribution in [1.82, 2.24) is 4.90 Å². The van der Waals surface area contributed by atoms with Gasteiger partial charge < -0.3 is 9.64 Å². The van der Waals surface area contributed by atoms with Gasteiger partial charge >= 0.3 is 0 Å². The molecule has 1 aliphatic rings. The minimum absolute atomic E-state index is 0.0291. The molecule has 1 aliphatic heterocycles. The maximum Gasteiger partial charge on any atom is 0.225 e. The first-order valence-corrected chi connectivity index (χ1v) is 7.61. The van der Waals surface area contributed by atoms with Gasteiger partial charge in [-0.2, -0.15) is 0 Å². The van der Waals surface area contributed by atoms with Crippen molar-refractivity contribution in [1.29, 1.82) is 0 Å². The number of Topliss-reactive ketones (excluding diaryl/α,β-unsaturated/α-hetero) is 1. The van der Waals surface area contributed by atoms with Crippen LogP contribution in [0.2, 0.25) is 5.02 Å². The van der Waals surface area contributed by atoms with E-state index in [9.17, 15) is 9.59 Å². The molecule has 5 heteroatoms. The van der Waals surface area contributed by atoms with Crippen LogP contribution in [0.15, 0.2) is 24.3 Å². The van der Waals surface area contributed by atoms with E-state index in [1.807, 2.05) is 6.92 Å². The van der Waals surface area contributed by atoms with E-state index in [0.29, 0.717) is 36.9 Å². The molecule has 1 unspecified atom stereocenters. The van der Waals surface area contributed by atoms with Crippen molar-refractivity contribution in [2.45, 2.75) is 19.8 Å². The number of hydrogen-bond donors (Lipinski definition) is 0. The third-order valence-corrected chi connectivity index (χ3v) is 3.87. The number of nitrogens with zero attached hydrogens (tertiary/aromatic N) is 1. The lowest BCUT2D eigenvalue weighted by atomic mass is 9.98. The van der Waals surface area contributed by atoms with Gasteiger partial charge in [0.15, 0.2) is 5.78 Å². The Bertz CT molecular complexity index is 493. The molecule has 1 aromatic rings. The monoisotopic (exact) mass is 309 g/mol. The average Bonchev–Trinajstić information content (AvgIpc) is 2.76. The summed E-state index contributed by atoms with van der Waals surface area (Å²) in [7, 11) is 0. The van der Waals surface area contributed by atoms with Crippen molar-refractivity contribution in [3.8, 4) is 0 Å². The van der Waals surface area contributed by atoms with E-state index >= 15 is 0 Å². The number of ether oxygens (including phenoxy) is 1. The summed E-state index contributed by atoms with van der Waals surface area (Å²) in [5.74, 6) is -0.312. The molecule has 21 heavy (non-hydrogen) atoms. The third-order valence-electron chi connectivity index (χ3n) is 3.61. The van der Waals surface area contributed by atoms with E-state index in [0.717, 1.165) is 6.42 Å². The van der Waals surface area contributed by atoms with Crippen molar-refractivity contribution in [2.24, 2.45) is 5.92 Å². The van der Waals surface area contributed by atoms with Gasteiger partial charge in [0.2, 0.25) is 5.91 Å². The van der Waals surface area contributed by atoms with Gasteiger partial charge in [0.25, 0.3) is 0 Å². The van der Waals surface area contributed by atoms with Crippen molar-refractivity contribution in [2.75, 3.05) is 26.3 Å². The Labute approximate surface area is 130 Å². The van der Waals surface area contributed by atoms with E-state index in [2.05, 4.69) is 0 Å². The molecule has 0 N–H and O–H groups in total. The van der Waals surface area contributed by atoms with Gasteiger partial charge in [0, 0.05) is 42.6 Å². The van der Waals surface area contributed by atoms with E-state index in [4.69, 9.17) is 16.3 Å². The molecular formula is C16H20ClNO3. The highest BCUT2D eigenvalue weighted by atomic mass is 35.5. The Kier molecular flexibility index (Phi) is 5.76. The van der Waals surface area contributed by atoms with Crippen LogP contribution in [-0.2, 0) is 9.53 Å². The normalized spacial score (nSPS) is 17.1. The molecule has 0 aliphatic carbocycles. The summed E-state index contributed by atoms with van der Waals surface area (Å²) in [6.07, 6.45) is 1.07. The molecule has 1 aromatic carbocycles. The van der Waals surface area contributed by atoms with Gasteiger partial charge in [-0.1, -0.05) is 18.5 Å². The average molecular weight is 310 g/mol. The van der Waals surface area contributed by atoms with Crippen LogP contribution in [-0.4, -0.2) is 42.9 Å². The first-order valence-electron chi connectivity index (χ1n) is 7.23. The van der Waals surface area contributed by atoms with E-state index < -0.39 is 0 Å². The highest BCUT2D eigenvalue weighted by molar-refractivity contribution is 6.30. The lowest BCUT2D eigenvalue weighted by molar-refractivity contribution is -0.135. The first-order chi connectivity index (χ1) is 10.1. The Balaban J connectivity index is 1.93. The molecule has 1 saturated heterocycles. The summed E-state index contributed by atoms with van der Waals surface area (Å²) in [6, 6.07) is 6.77. The van der Waals surface area contributed by atoms with Crippen molar-refractivity contribution >= 4 is 23.3 Å². The van der Waals surface area contributed by atoms with Crippen molar-refractivity contribution in [3.05, 3.63) is 34.9 Å². The second-order valence-electron chi connectivity index (χ2n) is 5.33. The molecule has 0 aromatic heterocycles. The fourth-order valence-corrected chi connectivity index (χ4v) is 2.52. The standard InChI is InChI=1S/C16H20ClNO3/c1-12(16(20)18-7-2-9-21-10-8-18)11-15(19)13-3-5-14(17)6-4-13/h3-6,12H,2,7-11H2,1H3. The maximum absolute atomic E-state index is 12.4. The third kappa shape index (κ3) is 4.55. The molecule has 1 amide bonds. The van der Waals surface area contributed by atoms with Crippen LogP contribution in [0.3, 0.4) is 0 Å². The quantitative estimate of drug-likeness (QED) is 0.804. The van der Waals surface area contributed by atoms with E-state index in [-0.39, 0.29) is 24.0 Å². The summed E-state index contributed by atoms with van der Waals surface area (Å²) in [5.41, 5.74) is 0.596. The summed E-state index contributed by atoms with van der Waals surface area (Å²) in [5, 5.41) is 0.597. The van der Waals surface area contributed by atoms with Gasteiger partial charge in [0.05, 0.1) is 6.61 Å². The minimum atomic E-state index is -0.314. The van der Waals surface area contributed by atoms with Crippen LogP contribution < -0.4 is 0 Å². The van der Waals surface area contributed by atoms with Crippen LogP contribution in [0.4, 0.5) is 0 Å². The van der Waals surface area contributed by atoms with Crippen molar-refractivity contribution in [3.63, 3.8) is 0 Å². The van der Waals surface area contributed by atoms with Crippen LogP contribution in [0.1, 0.15) is 30.1 Å². The Morgan fingerprint density at radius 2 is 1.95 bits per heavy atom. The molecule has 1 fully saturated rings. The lowest BCUT2D eigenvalue weighted by Crippen LogP contribution is -2.37. The number of amides is 1. The summed E-state index contributed by atoms with van der Waals surface area (Å²) in [4.78, 5) is 26.4. The Morgan fingerprint density at radius 1 is 1.24 bits per heavy atom. The van der Waals surface area contributed by atoms with Crippen LogP contribution >= 0.6 is 11.6 Å². The molecule has 1 atom stereocenters. The predicted octanol–water partition coefficient (Wildman–Crippen LogP) is 2.80. The fraction of sp³-hybridized carbons (Fsp3) is 0.500. The lowest BCUT2D eigenvalue weighted by Gasteiger charge is -2.23.